The molecule has 3 rings (SSSR count). The van der Waals surface area contributed by atoms with Crippen LogP contribution in [0.1, 0.15) is 73.5 Å². The average molecular weight is 410 g/mol. The maximum absolute atomic E-state index is 10.2. The van der Waals surface area contributed by atoms with Gasteiger partial charge in [0, 0.05) is 12.8 Å². The van der Waals surface area contributed by atoms with Crippen molar-refractivity contribution in [3.8, 4) is 11.8 Å². The van der Waals surface area contributed by atoms with Crippen LogP contribution in [-0.2, 0) is 11.2 Å². The molecule has 0 saturated carbocycles. The molecule has 1 fully saturated rings. The number of nitriles is 1. The summed E-state index contributed by atoms with van der Waals surface area (Å²) < 4.78 is 11.8. The van der Waals surface area contributed by atoms with Gasteiger partial charge in [0.2, 0.25) is 0 Å². The standard InChI is InChI=1S/C25H31NO4/c1-4-29-25-11-20(24-13-21(28)12-22(15-27)30-24)10-19(23(25)14-26)9-17-5-7-18(8-6-17)16(2)3/h5-8,10-11,16,21-22,24,27-28H,4,9,12-13,15H2,1-3H3/t21-,22-,24+/m0/s1. The Morgan fingerprint density at radius 3 is 2.53 bits per heavy atom. The van der Waals surface area contributed by atoms with Gasteiger partial charge >= 0.3 is 0 Å². The first-order valence-corrected chi connectivity index (χ1v) is 10.7. The summed E-state index contributed by atoms with van der Waals surface area (Å²) in [4.78, 5) is 0. The zero-order valence-electron chi connectivity index (χ0n) is 18.0. The highest BCUT2D eigenvalue weighted by Gasteiger charge is 2.30. The summed E-state index contributed by atoms with van der Waals surface area (Å²) in [5, 5.41) is 29.5. The van der Waals surface area contributed by atoms with Gasteiger partial charge in [-0.2, -0.15) is 5.26 Å². The number of rotatable bonds is 7. The van der Waals surface area contributed by atoms with Gasteiger partial charge in [0.25, 0.3) is 0 Å². The second-order valence-corrected chi connectivity index (χ2v) is 8.23. The number of ether oxygens (including phenoxy) is 2. The lowest BCUT2D eigenvalue weighted by molar-refractivity contribution is -0.113. The van der Waals surface area contributed by atoms with Gasteiger partial charge in [-0.05, 0) is 47.6 Å². The lowest BCUT2D eigenvalue weighted by Gasteiger charge is -2.33. The van der Waals surface area contributed by atoms with E-state index < -0.39 is 12.2 Å². The van der Waals surface area contributed by atoms with E-state index in [1.165, 1.54) is 5.56 Å². The summed E-state index contributed by atoms with van der Waals surface area (Å²) in [6.45, 7) is 6.55. The Hall–Kier alpha value is -2.39. The molecule has 2 aromatic carbocycles. The first kappa shape index (κ1) is 22.3. The molecule has 2 aromatic rings. The van der Waals surface area contributed by atoms with Gasteiger partial charge in [-0.3, -0.25) is 0 Å². The van der Waals surface area contributed by atoms with E-state index in [0.717, 1.165) is 16.7 Å². The molecule has 160 valence electrons. The number of aliphatic hydroxyl groups excluding tert-OH is 2. The summed E-state index contributed by atoms with van der Waals surface area (Å²) in [5.74, 6) is 1.01. The van der Waals surface area contributed by atoms with Crippen molar-refractivity contribution >= 4 is 0 Å². The van der Waals surface area contributed by atoms with Crippen LogP contribution >= 0.6 is 0 Å². The minimum atomic E-state index is -0.529. The van der Waals surface area contributed by atoms with E-state index in [9.17, 15) is 15.5 Å². The summed E-state index contributed by atoms with van der Waals surface area (Å²) >= 11 is 0. The molecule has 1 aliphatic rings. The van der Waals surface area contributed by atoms with Crippen LogP contribution in [-0.4, -0.2) is 35.6 Å². The lowest BCUT2D eigenvalue weighted by atomic mass is 9.91. The van der Waals surface area contributed by atoms with Crippen LogP contribution in [0.15, 0.2) is 36.4 Å². The van der Waals surface area contributed by atoms with Crippen LogP contribution in [0.4, 0.5) is 0 Å². The van der Waals surface area contributed by atoms with Gasteiger partial charge in [0.15, 0.2) is 0 Å². The number of aliphatic hydroxyl groups is 2. The van der Waals surface area contributed by atoms with E-state index in [0.29, 0.717) is 43.1 Å². The van der Waals surface area contributed by atoms with E-state index in [1.54, 1.807) is 0 Å². The van der Waals surface area contributed by atoms with Gasteiger partial charge in [-0.15, -0.1) is 0 Å². The van der Waals surface area contributed by atoms with Crippen LogP contribution in [0.5, 0.6) is 5.75 Å². The van der Waals surface area contributed by atoms with Crippen molar-refractivity contribution < 1.29 is 19.7 Å². The highest BCUT2D eigenvalue weighted by Crippen LogP contribution is 2.36. The zero-order valence-corrected chi connectivity index (χ0v) is 18.0. The molecule has 0 bridgehead atoms. The molecule has 0 aromatic heterocycles. The van der Waals surface area contributed by atoms with Crippen molar-refractivity contribution in [2.24, 2.45) is 0 Å². The first-order valence-electron chi connectivity index (χ1n) is 10.7. The minimum Gasteiger partial charge on any atom is -0.492 e. The van der Waals surface area contributed by atoms with Gasteiger partial charge in [-0.25, -0.2) is 0 Å². The molecule has 1 saturated heterocycles. The topological polar surface area (TPSA) is 82.7 Å². The first-order chi connectivity index (χ1) is 14.4. The minimum absolute atomic E-state index is 0.128. The number of nitrogens with zero attached hydrogens (tertiary/aromatic N) is 1. The Morgan fingerprint density at radius 1 is 1.20 bits per heavy atom. The smallest absolute Gasteiger partial charge is 0.137 e. The Labute approximate surface area is 178 Å². The van der Waals surface area contributed by atoms with E-state index in [1.807, 2.05) is 19.1 Å². The third-order valence-electron chi connectivity index (χ3n) is 5.61. The SMILES string of the molecule is CCOc1cc([C@H]2C[C@@H](O)C[C@@H](CO)O2)cc(Cc2ccc(C(C)C)cc2)c1C#N. The lowest BCUT2D eigenvalue weighted by Crippen LogP contribution is -2.33. The molecule has 5 nitrogen and oxygen atoms in total. The third-order valence-corrected chi connectivity index (χ3v) is 5.61. The predicted molar refractivity (Wildman–Crippen MR) is 116 cm³/mol. The predicted octanol–water partition coefficient (Wildman–Crippen LogP) is 4.24. The quantitative estimate of drug-likeness (QED) is 0.715. The second kappa shape index (κ2) is 10.1. The van der Waals surface area contributed by atoms with Crippen molar-refractivity contribution in [2.75, 3.05) is 13.2 Å². The van der Waals surface area contributed by atoms with E-state index >= 15 is 0 Å². The molecule has 2 N–H and O–H groups in total. The second-order valence-electron chi connectivity index (χ2n) is 8.23. The average Bonchev–Trinajstić information content (AvgIpc) is 2.73. The molecular weight excluding hydrogens is 378 g/mol. The van der Waals surface area contributed by atoms with Gasteiger partial charge in [0.05, 0.1) is 37.1 Å². The van der Waals surface area contributed by atoms with Crippen LogP contribution in [0, 0.1) is 11.3 Å². The zero-order chi connectivity index (χ0) is 21.7. The normalized spacial score (nSPS) is 21.4. The van der Waals surface area contributed by atoms with Crippen molar-refractivity contribution in [3.05, 3.63) is 64.2 Å². The van der Waals surface area contributed by atoms with Gasteiger partial charge in [-0.1, -0.05) is 44.2 Å². The van der Waals surface area contributed by atoms with E-state index in [-0.39, 0.29) is 12.7 Å². The highest BCUT2D eigenvalue weighted by atomic mass is 16.5. The van der Waals surface area contributed by atoms with Crippen molar-refractivity contribution in [1.29, 1.82) is 5.26 Å². The molecule has 0 aliphatic carbocycles. The molecule has 1 aliphatic heterocycles. The number of benzene rings is 2. The fourth-order valence-corrected chi connectivity index (χ4v) is 3.98. The molecule has 5 heteroatoms. The highest BCUT2D eigenvalue weighted by molar-refractivity contribution is 5.53. The van der Waals surface area contributed by atoms with Crippen LogP contribution in [0.2, 0.25) is 0 Å². The molecule has 1 heterocycles. The Bertz CT molecular complexity index is 885. The number of hydrogen-bond acceptors (Lipinski definition) is 5. The molecule has 3 atom stereocenters. The fraction of sp³-hybridized carbons (Fsp3) is 0.480. The fourth-order valence-electron chi connectivity index (χ4n) is 3.98. The van der Waals surface area contributed by atoms with Crippen LogP contribution < -0.4 is 4.74 Å². The van der Waals surface area contributed by atoms with Crippen molar-refractivity contribution in [2.45, 2.75) is 64.3 Å². The van der Waals surface area contributed by atoms with Crippen LogP contribution in [0.3, 0.4) is 0 Å². The molecule has 0 spiro atoms. The molecule has 30 heavy (non-hydrogen) atoms. The third kappa shape index (κ3) is 5.20. The van der Waals surface area contributed by atoms with Crippen LogP contribution in [0.25, 0.3) is 0 Å². The Kier molecular flexibility index (Phi) is 7.49. The van der Waals surface area contributed by atoms with Crippen molar-refractivity contribution in [1.82, 2.24) is 0 Å². The Morgan fingerprint density at radius 2 is 1.93 bits per heavy atom. The molecule has 0 amide bonds. The summed E-state index contributed by atoms with van der Waals surface area (Å²) in [6.07, 6.45) is 0.220. The summed E-state index contributed by atoms with van der Waals surface area (Å²) in [6, 6.07) is 14.6. The largest absolute Gasteiger partial charge is 0.492 e. The molecule has 0 unspecified atom stereocenters. The van der Waals surface area contributed by atoms with Gasteiger partial charge in [0.1, 0.15) is 11.8 Å². The van der Waals surface area contributed by atoms with Gasteiger partial charge < -0.3 is 19.7 Å². The summed E-state index contributed by atoms with van der Waals surface area (Å²) in [5.41, 5.74) is 4.67. The molecular formula is C25H31NO4. The monoisotopic (exact) mass is 409 g/mol. The van der Waals surface area contributed by atoms with E-state index in [4.69, 9.17) is 9.47 Å². The molecule has 0 radical (unpaired) electrons. The van der Waals surface area contributed by atoms with Crippen molar-refractivity contribution in [3.63, 3.8) is 0 Å². The summed E-state index contributed by atoms with van der Waals surface area (Å²) in [7, 11) is 0. The maximum Gasteiger partial charge on any atom is 0.137 e. The van der Waals surface area contributed by atoms with E-state index in [2.05, 4.69) is 44.2 Å². The maximum atomic E-state index is 10.2. The Balaban J connectivity index is 1.97. The number of hydrogen-bond donors (Lipinski definition) is 2.